The molecule has 0 aliphatic heterocycles. The molecule has 0 bridgehead atoms. The van der Waals surface area contributed by atoms with E-state index in [2.05, 4.69) is 0 Å². The fraction of sp³-hybridized carbons (Fsp3) is 0.462. The fourth-order valence-corrected chi connectivity index (χ4v) is 2.79. The van der Waals surface area contributed by atoms with E-state index < -0.39 is 0 Å². The topological polar surface area (TPSA) is 52.3 Å². The van der Waals surface area contributed by atoms with E-state index in [1.807, 2.05) is 6.07 Å². The van der Waals surface area contributed by atoms with Gasteiger partial charge in [-0.25, -0.2) is 0 Å². The molecule has 0 fully saturated rings. The number of carbonyl (C=O) groups is 1. The number of hydrogen-bond acceptors (Lipinski definition) is 3. The van der Waals surface area contributed by atoms with Crippen molar-refractivity contribution in [2.75, 3.05) is 6.61 Å². The molecule has 5 heteroatoms. The van der Waals surface area contributed by atoms with Gasteiger partial charge in [-0.3, -0.25) is 4.79 Å². The molecule has 2 rings (SSSR count). The summed E-state index contributed by atoms with van der Waals surface area (Å²) < 4.78 is 5.04. The van der Waals surface area contributed by atoms with Crippen molar-refractivity contribution in [1.29, 1.82) is 0 Å². The van der Waals surface area contributed by atoms with Gasteiger partial charge in [0, 0.05) is 6.04 Å². The van der Waals surface area contributed by atoms with E-state index in [-0.39, 0.29) is 17.9 Å². The standard InChI is InChI=1S/C13H15Cl2NO2/c1-2-18-13(17)7-5-9-8(11(16)6-7)3-4-10(14)12(9)15/h3-4,7,11H,2,5-6,16H2,1H3. The quantitative estimate of drug-likeness (QED) is 0.851. The zero-order valence-electron chi connectivity index (χ0n) is 10.1. The van der Waals surface area contributed by atoms with E-state index in [0.29, 0.717) is 29.5 Å². The molecule has 0 heterocycles. The zero-order chi connectivity index (χ0) is 13.3. The third-order valence-electron chi connectivity index (χ3n) is 3.24. The highest BCUT2D eigenvalue weighted by molar-refractivity contribution is 6.42. The third-order valence-corrected chi connectivity index (χ3v) is 4.08. The molecule has 3 nitrogen and oxygen atoms in total. The van der Waals surface area contributed by atoms with Gasteiger partial charge in [0.25, 0.3) is 0 Å². The van der Waals surface area contributed by atoms with Crippen LogP contribution in [-0.2, 0) is 16.0 Å². The lowest BCUT2D eigenvalue weighted by atomic mass is 9.81. The second-order valence-corrected chi connectivity index (χ2v) is 5.21. The van der Waals surface area contributed by atoms with Crippen molar-refractivity contribution in [3.05, 3.63) is 33.3 Å². The van der Waals surface area contributed by atoms with Crippen molar-refractivity contribution in [1.82, 2.24) is 0 Å². The Hall–Kier alpha value is -0.770. The molecule has 1 aromatic rings. The number of carbonyl (C=O) groups excluding carboxylic acids is 1. The minimum Gasteiger partial charge on any atom is -0.466 e. The molecule has 98 valence electrons. The van der Waals surface area contributed by atoms with E-state index in [1.165, 1.54) is 0 Å². The maximum Gasteiger partial charge on any atom is 0.309 e. The van der Waals surface area contributed by atoms with Crippen LogP contribution in [0.1, 0.15) is 30.5 Å². The second kappa shape index (κ2) is 5.47. The Morgan fingerprint density at radius 1 is 1.50 bits per heavy atom. The van der Waals surface area contributed by atoms with Gasteiger partial charge < -0.3 is 10.5 Å². The summed E-state index contributed by atoms with van der Waals surface area (Å²) in [5.41, 5.74) is 7.93. The van der Waals surface area contributed by atoms with Crippen molar-refractivity contribution in [3.8, 4) is 0 Å². The maximum atomic E-state index is 11.8. The first-order valence-electron chi connectivity index (χ1n) is 5.93. The monoisotopic (exact) mass is 287 g/mol. The molecule has 2 atom stereocenters. The zero-order valence-corrected chi connectivity index (χ0v) is 11.6. The van der Waals surface area contributed by atoms with Crippen LogP contribution in [0.5, 0.6) is 0 Å². The average molecular weight is 288 g/mol. The Kier molecular flexibility index (Phi) is 4.15. The number of fused-ring (bicyclic) bond motifs is 1. The van der Waals surface area contributed by atoms with Crippen LogP contribution in [0, 0.1) is 5.92 Å². The predicted molar refractivity (Wildman–Crippen MR) is 71.8 cm³/mol. The van der Waals surface area contributed by atoms with E-state index in [0.717, 1.165) is 11.1 Å². The molecule has 0 saturated carbocycles. The van der Waals surface area contributed by atoms with Gasteiger partial charge in [-0.2, -0.15) is 0 Å². The van der Waals surface area contributed by atoms with Crippen LogP contribution in [0.15, 0.2) is 12.1 Å². The summed E-state index contributed by atoms with van der Waals surface area (Å²) in [6.45, 7) is 2.17. The Morgan fingerprint density at radius 3 is 2.89 bits per heavy atom. The molecule has 1 aromatic carbocycles. The SMILES string of the molecule is CCOC(=O)C1Cc2c(ccc(Cl)c2Cl)C(N)C1. The molecule has 0 radical (unpaired) electrons. The maximum absolute atomic E-state index is 11.8. The first kappa shape index (κ1) is 13.7. The largest absolute Gasteiger partial charge is 0.466 e. The highest BCUT2D eigenvalue weighted by atomic mass is 35.5. The third kappa shape index (κ3) is 2.48. The van der Waals surface area contributed by atoms with E-state index in [9.17, 15) is 4.79 Å². The van der Waals surface area contributed by atoms with Crippen molar-refractivity contribution < 1.29 is 9.53 Å². The molecule has 2 unspecified atom stereocenters. The first-order chi connectivity index (χ1) is 8.54. The molecule has 2 N–H and O–H groups in total. The average Bonchev–Trinajstić information content (AvgIpc) is 2.34. The number of halogens is 2. The number of esters is 1. The van der Waals surface area contributed by atoms with Gasteiger partial charge in [0.15, 0.2) is 0 Å². The van der Waals surface area contributed by atoms with Gasteiger partial charge >= 0.3 is 5.97 Å². The van der Waals surface area contributed by atoms with E-state index in [1.54, 1.807) is 13.0 Å². The van der Waals surface area contributed by atoms with Crippen LogP contribution in [-0.4, -0.2) is 12.6 Å². The molecule has 1 aliphatic carbocycles. The van der Waals surface area contributed by atoms with Crippen molar-refractivity contribution >= 4 is 29.2 Å². The predicted octanol–water partition coefficient (Wildman–Crippen LogP) is 3.12. The summed E-state index contributed by atoms with van der Waals surface area (Å²) >= 11 is 12.2. The number of ether oxygens (including phenoxy) is 1. The van der Waals surface area contributed by atoms with Crippen molar-refractivity contribution in [2.45, 2.75) is 25.8 Å². The molecule has 1 aliphatic rings. The Bertz CT molecular complexity index is 476. The van der Waals surface area contributed by atoms with Crippen molar-refractivity contribution in [3.63, 3.8) is 0 Å². The molecular formula is C13H15Cl2NO2. The molecule has 0 saturated heterocycles. The highest BCUT2D eigenvalue weighted by Crippen LogP contribution is 2.39. The van der Waals surface area contributed by atoms with Crippen LogP contribution in [0.3, 0.4) is 0 Å². The lowest BCUT2D eigenvalue weighted by molar-refractivity contribution is -0.148. The molecule has 18 heavy (non-hydrogen) atoms. The number of benzene rings is 1. The highest BCUT2D eigenvalue weighted by Gasteiger charge is 2.32. The fourth-order valence-electron chi connectivity index (χ4n) is 2.37. The molecule has 0 amide bonds. The molecular weight excluding hydrogens is 273 g/mol. The van der Waals surface area contributed by atoms with Gasteiger partial charge in [0.1, 0.15) is 0 Å². The van der Waals surface area contributed by atoms with Crippen LogP contribution < -0.4 is 5.73 Å². The smallest absolute Gasteiger partial charge is 0.309 e. The summed E-state index contributed by atoms with van der Waals surface area (Å²) in [7, 11) is 0. The normalized spacial score (nSPS) is 22.4. The van der Waals surface area contributed by atoms with Gasteiger partial charge in [0.2, 0.25) is 0 Å². The lowest BCUT2D eigenvalue weighted by Crippen LogP contribution is -2.30. The number of hydrogen-bond donors (Lipinski definition) is 1. The Balaban J connectivity index is 2.32. The Labute approximate surface area is 116 Å². The van der Waals surface area contributed by atoms with Gasteiger partial charge in [-0.05, 0) is 37.0 Å². The summed E-state index contributed by atoms with van der Waals surface area (Å²) in [6.07, 6.45) is 1.13. The summed E-state index contributed by atoms with van der Waals surface area (Å²) in [5, 5.41) is 0.991. The lowest BCUT2D eigenvalue weighted by Gasteiger charge is -2.29. The van der Waals surface area contributed by atoms with Gasteiger partial charge in [-0.1, -0.05) is 29.3 Å². The van der Waals surface area contributed by atoms with Gasteiger partial charge in [0.05, 0.1) is 22.6 Å². The van der Waals surface area contributed by atoms with E-state index >= 15 is 0 Å². The van der Waals surface area contributed by atoms with Crippen LogP contribution >= 0.6 is 23.2 Å². The van der Waals surface area contributed by atoms with Crippen molar-refractivity contribution in [2.24, 2.45) is 11.7 Å². The Morgan fingerprint density at radius 2 is 2.22 bits per heavy atom. The minimum absolute atomic E-state index is 0.196. The summed E-state index contributed by atoms with van der Waals surface area (Å²) in [5.74, 6) is -0.446. The summed E-state index contributed by atoms with van der Waals surface area (Å²) in [4.78, 5) is 11.8. The number of nitrogens with two attached hydrogens (primary N) is 1. The van der Waals surface area contributed by atoms with Crippen LogP contribution in [0.25, 0.3) is 0 Å². The second-order valence-electron chi connectivity index (χ2n) is 4.42. The van der Waals surface area contributed by atoms with Crippen LogP contribution in [0.2, 0.25) is 10.0 Å². The van der Waals surface area contributed by atoms with Gasteiger partial charge in [-0.15, -0.1) is 0 Å². The van der Waals surface area contributed by atoms with Crippen LogP contribution in [0.4, 0.5) is 0 Å². The number of rotatable bonds is 2. The first-order valence-corrected chi connectivity index (χ1v) is 6.69. The molecule has 0 spiro atoms. The molecule has 0 aromatic heterocycles. The minimum atomic E-state index is -0.233. The van der Waals surface area contributed by atoms with E-state index in [4.69, 9.17) is 33.7 Å². The summed E-state index contributed by atoms with van der Waals surface area (Å²) in [6, 6.07) is 3.43.